The number of aromatic nitrogens is 1. The summed E-state index contributed by atoms with van der Waals surface area (Å²) in [7, 11) is 0. The van der Waals surface area contributed by atoms with Crippen LogP contribution in [-0.2, 0) is 4.74 Å². The number of ether oxygens (including phenoxy) is 2. The van der Waals surface area contributed by atoms with Crippen LogP contribution in [0, 0.1) is 0 Å². The fourth-order valence-corrected chi connectivity index (χ4v) is 4.64. The molecule has 0 saturated carbocycles. The zero-order valence-corrected chi connectivity index (χ0v) is 17.5. The van der Waals surface area contributed by atoms with Gasteiger partial charge in [0, 0.05) is 0 Å². The van der Waals surface area contributed by atoms with Gasteiger partial charge in [0.15, 0.2) is 0 Å². The molecule has 1 amide bonds. The second-order valence-corrected chi connectivity index (χ2v) is 22.0. The van der Waals surface area contributed by atoms with E-state index in [9.17, 15) is 4.79 Å². The van der Waals surface area contributed by atoms with Crippen molar-refractivity contribution in [1.82, 2.24) is 10.3 Å². The molecule has 124 valence electrons. The van der Waals surface area contributed by atoms with E-state index in [1.54, 1.807) is 6.20 Å². The molecule has 0 aliphatic carbocycles. The molecule has 1 aromatic rings. The summed E-state index contributed by atoms with van der Waals surface area (Å²) in [5, 5.41) is 2.76. The minimum atomic E-state index is -2.14. The predicted molar refractivity (Wildman–Crippen MR) is 91.5 cm³/mol. The van der Waals surface area contributed by atoms with Crippen molar-refractivity contribution >= 4 is 28.0 Å². The van der Waals surface area contributed by atoms with Crippen molar-refractivity contribution < 1.29 is 14.3 Å². The first-order valence-electron chi connectivity index (χ1n) is 7.55. The van der Waals surface area contributed by atoms with Crippen LogP contribution in [0.1, 0.15) is 27.7 Å². The maximum absolute atomic E-state index is 11.7. The molecule has 22 heavy (non-hydrogen) atoms. The molecule has 1 rings (SSSR count). The van der Waals surface area contributed by atoms with Gasteiger partial charge in [-0.25, -0.2) is 0 Å². The standard InChI is InChI=1S/C13H19N2O3.3CH3.Sn/c1-10(15-12(16)18-13(2,3)4)9-17-11-6-5-7-14-8-11;;;;/h6-8,10H,9H2,1-4H3,(H,15,16);3*1H3;. The van der Waals surface area contributed by atoms with Gasteiger partial charge in [0.25, 0.3) is 0 Å². The number of nitrogens with zero attached hydrogens (tertiary/aromatic N) is 1. The molecule has 0 bridgehead atoms. The second-order valence-electron chi connectivity index (χ2n) is 7.52. The Labute approximate surface area is 137 Å². The number of hydrogen-bond acceptors (Lipinski definition) is 4. The average molecular weight is 415 g/mol. The van der Waals surface area contributed by atoms with Gasteiger partial charge >= 0.3 is 138 Å². The molecule has 1 heterocycles. The van der Waals surface area contributed by atoms with Crippen LogP contribution in [0.3, 0.4) is 0 Å². The van der Waals surface area contributed by atoms with Crippen LogP contribution in [0.25, 0.3) is 0 Å². The zero-order valence-electron chi connectivity index (χ0n) is 14.7. The molecule has 6 heteroatoms. The molecule has 0 aliphatic heterocycles. The van der Waals surface area contributed by atoms with E-state index < -0.39 is 30.1 Å². The van der Waals surface area contributed by atoms with Gasteiger partial charge < -0.3 is 0 Å². The van der Waals surface area contributed by atoms with E-state index in [-0.39, 0.29) is 6.04 Å². The third-order valence-electron chi connectivity index (χ3n) is 2.84. The molecule has 0 spiro atoms. The molecule has 0 saturated heterocycles. The number of nitrogens with one attached hydrogen (secondary N) is 1. The Bertz CT molecular complexity index is 507. The monoisotopic (exact) mass is 416 g/mol. The molecule has 5 nitrogen and oxygen atoms in total. The van der Waals surface area contributed by atoms with Crippen molar-refractivity contribution in [3.05, 3.63) is 18.5 Å². The van der Waals surface area contributed by atoms with Gasteiger partial charge in [0.1, 0.15) is 0 Å². The summed E-state index contributed by atoms with van der Waals surface area (Å²) in [6.45, 7) is 7.77. The van der Waals surface area contributed by atoms with Crippen LogP contribution in [0.4, 0.5) is 4.79 Å². The van der Waals surface area contributed by atoms with Crippen LogP contribution >= 0.6 is 0 Å². The van der Waals surface area contributed by atoms with Gasteiger partial charge in [-0.05, 0) is 0 Å². The van der Waals surface area contributed by atoms with Gasteiger partial charge in [-0.15, -0.1) is 0 Å². The Morgan fingerprint density at radius 2 is 1.95 bits per heavy atom. The van der Waals surface area contributed by atoms with Gasteiger partial charge in [-0.2, -0.15) is 0 Å². The predicted octanol–water partition coefficient (Wildman–Crippen LogP) is 2.92. The molecule has 1 aromatic heterocycles. The molecular weight excluding hydrogens is 387 g/mol. The van der Waals surface area contributed by atoms with E-state index in [1.165, 1.54) is 3.58 Å². The molecule has 1 N–H and O–H groups in total. The first-order valence-corrected chi connectivity index (χ1v) is 17.5. The van der Waals surface area contributed by atoms with Gasteiger partial charge in [-0.3, -0.25) is 0 Å². The number of carbonyl (C=O) groups excluding carboxylic acids is 1. The van der Waals surface area contributed by atoms with Crippen molar-refractivity contribution in [2.45, 2.75) is 54.2 Å². The summed E-state index contributed by atoms with van der Waals surface area (Å²) in [5.74, 6) is 0.752. The van der Waals surface area contributed by atoms with Crippen molar-refractivity contribution in [3.8, 4) is 5.75 Å². The van der Waals surface area contributed by atoms with Crippen molar-refractivity contribution in [2.24, 2.45) is 0 Å². The molecule has 1 unspecified atom stereocenters. The van der Waals surface area contributed by atoms with E-state index in [0.717, 1.165) is 5.75 Å². The molecule has 0 fully saturated rings. The zero-order chi connectivity index (χ0) is 17.0. The quantitative estimate of drug-likeness (QED) is 0.752. The third-order valence-corrected chi connectivity index (χ3v) is 8.57. The summed E-state index contributed by atoms with van der Waals surface area (Å²) in [5.41, 5.74) is -0.497. The van der Waals surface area contributed by atoms with Crippen molar-refractivity contribution in [1.29, 1.82) is 0 Å². The number of carbonyl (C=O) groups is 1. The van der Waals surface area contributed by atoms with E-state index in [1.807, 2.05) is 33.9 Å². The molecule has 0 aromatic carbocycles. The molecule has 0 radical (unpaired) electrons. The summed E-state index contributed by atoms with van der Waals surface area (Å²) >= 11 is -2.14. The van der Waals surface area contributed by atoms with Gasteiger partial charge in [0.2, 0.25) is 0 Å². The minimum absolute atomic E-state index is 0.142. The SMILES string of the molecule is CC(COc1cnc[c]([Sn]([CH3])([CH3])[CH3])c1)NC(=O)OC(C)(C)C. The van der Waals surface area contributed by atoms with E-state index in [2.05, 4.69) is 31.2 Å². The molecular formula is C16H28N2O3Sn. The number of amides is 1. The second kappa shape index (κ2) is 7.53. The first kappa shape index (κ1) is 19.1. The van der Waals surface area contributed by atoms with Gasteiger partial charge in [-0.1, -0.05) is 0 Å². The van der Waals surface area contributed by atoms with Gasteiger partial charge in [0.05, 0.1) is 0 Å². The van der Waals surface area contributed by atoms with E-state index >= 15 is 0 Å². The summed E-state index contributed by atoms with van der Waals surface area (Å²) in [6, 6.07) is 1.93. The maximum atomic E-state index is 11.7. The Balaban J connectivity index is 2.51. The third kappa shape index (κ3) is 7.33. The Hall–Kier alpha value is -0.981. The van der Waals surface area contributed by atoms with Crippen LogP contribution in [-0.4, -0.2) is 47.7 Å². The van der Waals surface area contributed by atoms with Crippen LogP contribution in [0.15, 0.2) is 18.5 Å². The number of alkyl carbamates (subject to hydrolysis) is 1. The summed E-state index contributed by atoms with van der Waals surface area (Å²) in [6.07, 6.45) is 3.22. The fourth-order valence-electron chi connectivity index (χ4n) is 1.68. The average Bonchev–Trinajstić information content (AvgIpc) is 2.33. The Morgan fingerprint density at radius 3 is 2.50 bits per heavy atom. The van der Waals surface area contributed by atoms with E-state index in [4.69, 9.17) is 9.47 Å². The fraction of sp³-hybridized carbons (Fsp3) is 0.625. The van der Waals surface area contributed by atoms with E-state index in [0.29, 0.717) is 6.61 Å². The van der Waals surface area contributed by atoms with Crippen molar-refractivity contribution in [2.75, 3.05) is 6.61 Å². The molecule has 1 atom stereocenters. The Kier molecular flexibility index (Phi) is 6.52. The number of pyridine rings is 1. The normalized spacial score (nSPS) is 13.4. The Morgan fingerprint density at radius 1 is 1.32 bits per heavy atom. The number of rotatable bonds is 5. The van der Waals surface area contributed by atoms with Crippen LogP contribution in [0.5, 0.6) is 5.75 Å². The summed E-state index contributed by atoms with van der Waals surface area (Å²) in [4.78, 5) is 22.9. The van der Waals surface area contributed by atoms with Crippen LogP contribution in [0.2, 0.25) is 14.8 Å². The van der Waals surface area contributed by atoms with Crippen LogP contribution < -0.4 is 13.6 Å². The molecule has 0 aliphatic rings. The summed E-state index contributed by atoms with van der Waals surface area (Å²) < 4.78 is 12.3. The first-order chi connectivity index (χ1) is 9.97. The van der Waals surface area contributed by atoms with Crippen molar-refractivity contribution in [3.63, 3.8) is 0 Å². The topological polar surface area (TPSA) is 60.5 Å². The number of hydrogen-bond donors (Lipinski definition) is 1.